The maximum absolute atomic E-state index is 6.77. The van der Waals surface area contributed by atoms with E-state index >= 15 is 0 Å². The number of hydrogen-bond donors (Lipinski definition) is 0. The zero-order chi connectivity index (χ0) is 40.8. The number of rotatable bonds is 6. The third-order valence-corrected chi connectivity index (χ3v) is 14.4. The molecule has 0 radical (unpaired) electrons. The van der Waals surface area contributed by atoms with Crippen molar-refractivity contribution >= 4 is 81.3 Å². The topological polar surface area (TPSA) is 16.4 Å². The summed E-state index contributed by atoms with van der Waals surface area (Å²) in [6.07, 6.45) is 0. The summed E-state index contributed by atoms with van der Waals surface area (Å²) in [7, 11) is 0. The molecule has 0 fully saturated rings. The summed E-state index contributed by atoms with van der Waals surface area (Å²) in [4.78, 5) is 2.52. The minimum atomic E-state index is -0.538. The average molecular weight is 808 g/mol. The van der Waals surface area contributed by atoms with Gasteiger partial charge in [0.05, 0.1) is 21.5 Å². The summed E-state index contributed by atoms with van der Waals surface area (Å²) in [6, 6.07) is 82.4. The van der Waals surface area contributed by atoms with Gasteiger partial charge in [-0.25, -0.2) is 0 Å². The quantitative estimate of drug-likeness (QED) is 0.166. The molecule has 62 heavy (non-hydrogen) atoms. The van der Waals surface area contributed by atoms with Crippen LogP contribution in [0.25, 0.3) is 75.1 Å². The van der Waals surface area contributed by atoms with E-state index < -0.39 is 5.41 Å². The Morgan fingerprint density at radius 3 is 1.87 bits per heavy atom. The summed E-state index contributed by atoms with van der Waals surface area (Å²) in [5, 5.41) is 7.07. The maximum atomic E-state index is 6.77. The molecular formula is C59H37NOS. The second-order valence-corrected chi connectivity index (χ2v) is 17.4. The van der Waals surface area contributed by atoms with Gasteiger partial charge in [0.2, 0.25) is 0 Å². The Kier molecular flexibility index (Phi) is 7.72. The highest BCUT2D eigenvalue weighted by Gasteiger charge is 2.46. The normalized spacial score (nSPS) is 13.0. The first kappa shape index (κ1) is 35.1. The average Bonchev–Trinajstić information content (AvgIpc) is 4.02. The molecule has 0 unspecified atom stereocenters. The van der Waals surface area contributed by atoms with Crippen LogP contribution >= 0.6 is 11.3 Å². The van der Waals surface area contributed by atoms with Gasteiger partial charge in [-0.05, 0) is 86.8 Å². The fourth-order valence-corrected chi connectivity index (χ4v) is 11.8. The first-order chi connectivity index (χ1) is 30.8. The Morgan fingerprint density at radius 1 is 0.403 bits per heavy atom. The molecule has 3 heteroatoms. The summed E-state index contributed by atoms with van der Waals surface area (Å²) < 4.78 is 9.30. The van der Waals surface area contributed by atoms with Gasteiger partial charge in [-0.15, -0.1) is 11.3 Å². The molecule has 0 saturated heterocycles. The Hall–Kier alpha value is -7.72. The highest BCUT2D eigenvalue weighted by Crippen LogP contribution is 2.58. The number of benzene rings is 10. The van der Waals surface area contributed by atoms with Crippen LogP contribution in [0.5, 0.6) is 0 Å². The van der Waals surface area contributed by atoms with Crippen molar-refractivity contribution in [2.75, 3.05) is 4.90 Å². The van der Waals surface area contributed by atoms with E-state index in [1.54, 1.807) is 0 Å². The van der Waals surface area contributed by atoms with E-state index in [1.165, 1.54) is 58.9 Å². The summed E-state index contributed by atoms with van der Waals surface area (Å²) >= 11 is 1.87. The molecule has 1 aliphatic carbocycles. The van der Waals surface area contributed by atoms with E-state index in [9.17, 15) is 0 Å². The zero-order valence-corrected chi connectivity index (χ0v) is 34.4. The zero-order valence-electron chi connectivity index (χ0n) is 33.6. The second kappa shape index (κ2) is 13.7. The fourth-order valence-electron chi connectivity index (χ4n) is 10.6. The van der Waals surface area contributed by atoms with E-state index in [0.717, 1.165) is 55.5 Å². The number of anilines is 3. The van der Waals surface area contributed by atoms with E-state index in [2.05, 4.69) is 229 Å². The van der Waals surface area contributed by atoms with E-state index in [1.807, 2.05) is 11.3 Å². The molecule has 1 aliphatic rings. The van der Waals surface area contributed by atoms with Crippen molar-refractivity contribution in [3.8, 4) is 22.3 Å². The number of para-hydroxylation sites is 1. The Labute approximate surface area is 363 Å². The molecule has 0 saturated carbocycles. The van der Waals surface area contributed by atoms with Crippen LogP contribution in [0.4, 0.5) is 17.1 Å². The first-order valence-corrected chi connectivity index (χ1v) is 22.1. The lowest BCUT2D eigenvalue weighted by Gasteiger charge is -2.35. The predicted octanol–water partition coefficient (Wildman–Crippen LogP) is 16.6. The van der Waals surface area contributed by atoms with Gasteiger partial charge in [0.1, 0.15) is 11.2 Å². The lowest BCUT2D eigenvalue weighted by atomic mass is 9.67. The number of hydrogen-bond acceptors (Lipinski definition) is 3. The van der Waals surface area contributed by atoms with Gasteiger partial charge in [-0.1, -0.05) is 182 Å². The van der Waals surface area contributed by atoms with Gasteiger partial charge in [0.15, 0.2) is 0 Å². The molecule has 10 aromatic carbocycles. The van der Waals surface area contributed by atoms with Crippen molar-refractivity contribution < 1.29 is 4.42 Å². The molecular weight excluding hydrogens is 771 g/mol. The fraction of sp³-hybridized carbons (Fsp3) is 0.0169. The highest BCUT2D eigenvalue weighted by atomic mass is 32.1. The van der Waals surface area contributed by atoms with Crippen LogP contribution in [0.15, 0.2) is 229 Å². The van der Waals surface area contributed by atoms with Crippen LogP contribution in [0, 0.1) is 0 Å². The number of thiophene rings is 1. The smallest absolute Gasteiger partial charge is 0.143 e. The maximum Gasteiger partial charge on any atom is 0.143 e. The van der Waals surface area contributed by atoms with Crippen molar-refractivity contribution in [2.24, 2.45) is 0 Å². The third kappa shape index (κ3) is 4.97. The lowest BCUT2D eigenvalue weighted by molar-refractivity contribution is 0.673. The van der Waals surface area contributed by atoms with Gasteiger partial charge in [0.25, 0.3) is 0 Å². The summed E-state index contributed by atoms with van der Waals surface area (Å²) in [5.74, 6) is 0. The lowest BCUT2D eigenvalue weighted by Crippen LogP contribution is -2.28. The van der Waals surface area contributed by atoms with Crippen LogP contribution in [-0.4, -0.2) is 0 Å². The van der Waals surface area contributed by atoms with Gasteiger partial charge in [-0.2, -0.15) is 0 Å². The molecule has 2 heterocycles. The summed E-state index contributed by atoms with van der Waals surface area (Å²) in [6.45, 7) is 0. The molecule has 0 amide bonds. The van der Waals surface area contributed by atoms with Crippen molar-refractivity contribution in [1.82, 2.24) is 0 Å². The largest absolute Gasteiger partial charge is 0.455 e. The molecule has 0 aliphatic heterocycles. The first-order valence-electron chi connectivity index (χ1n) is 21.3. The Bertz CT molecular complexity index is 3670. The molecule has 290 valence electrons. The highest BCUT2D eigenvalue weighted by molar-refractivity contribution is 7.26. The number of furan rings is 1. The molecule has 0 spiro atoms. The Balaban J connectivity index is 1.12. The molecule has 2 aromatic heterocycles. The minimum absolute atomic E-state index is 0.538. The van der Waals surface area contributed by atoms with Gasteiger partial charge in [-0.3, -0.25) is 0 Å². The van der Waals surface area contributed by atoms with Crippen LogP contribution in [0.3, 0.4) is 0 Å². The third-order valence-electron chi connectivity index (χ3n) is 13.1. The molecule has 0 N–H and O–H groups in total. The van der Waals surface area contributed by atoms with Crippen LogP contribution in [0.1, 0.15) is 22.3 Å². The molecule has 13 rings (SSSR count). The van der Waals surface area contributed by atoms with E-state index in [-0.39, 0.29) is 0 Å². The standard InChI is InChI=1S/C59H37NOS/c1-3-18-39(19-4-1)59(40-20-5-2-6-21-40)50-28-12-9-23-43(50)44-36-34-41(37-51(44)59)60(53-30-15-27-48-46-25-11-14-32-55(46)62-58(48)53)52-29-13-10-24-45(52)47-26-16-31-54-56(47)49-35-33-38-17-7-8-22-42(38)57(49)61-54/h1-37H. The van der Waals surface area contributed by atoms with Crippen molar-refractivity contribution in [2.45, 2.75) is 5.41 Å². The van der Waals surface area contributed by atoms with Crippen molar-refractivity contribution in [1.29, 1.82) is 0 Å². The molecule has 2 nitrogen and oxygen atoms in total. The van der Waals surface area contributed by atoms with Gasteiger partial charge >= 0.3 is 0 Å². The molecule has 0 atom stereocenters. The summed E-state index contributed by atoms with van der Waals surface area (Å²) in [5.41, 5.74) is 14.5. The predicted molar refractivity (Wildman–Crippen MR) is 262 cm³/mol. The van der Waals surface area contributed by atoms with Crippen LogP contribution < -0.4 is 4.90 Å². The van der Waals surface area contributed by atoms with Crippen LogP contribution in [0.2, 0.25) is 0 Å². The Morgan fingerprint density at radius 2 is 1.03 bits per heavy atom. The number of nitrogens with zero attached hydrogens (tertiary/aromatic N) is 1. The van der Waals surface area contributed by atoms with Gasteiger partial charge < -0.3 is 9.32 Å². The van der Waals surface area contributed by atoms with Crippen molar-refractivity contribution in [3.05, 3.63) is 247 Å². The van der Waals surface area contributed by atoms with Crippen molar-refractivity contribution in [3.63, 3.8) is 0 Å². The second-order valence-electron chi connectivity index (χ2n) is 16.3. The van der Waals surface area contributed by atoms with Crippen LogP contribution in [-0.2, 0) is 5.41 Å². The molecule has 0 bridgehead atoms. The van der Waals surface area contributed by atoms with Gasteiger partial charge in [0, 0.05) is 42.9 Å². The number of fused-ring (bicyclic) bond motifs is 11. The van der Waals surface area contributed by atoms with E-state index in [0.29, 0.717) is 0 Å². The monoisotopic (exact) mass is 807 g/mol. The van der Waals surface area contributed by atoms with E-state index in [4.69, 9.17) is 4.42 Å². The molecule has 12 aromatic rings. The SMILES string of the molecule is c1ccc(C2(c3ccccc3)c3ccccc3-c3ccc(N(c4ccccc4-c4cccc5oc6c7ccccc7ccc6c45)c4cccc5c4sc4ccccc45)cc32)cc1. The minimum Gasteiger partial charge on any atom is -0.455 e.